The molecule has 0 saturated heterocycles. The Labute approximate surface area is 138 Å². The largest absolute Gasteiger partial charge is 0.325 e. The number of anilines is 1. The molecule has 1 aromatic heterocycles. The number of amides is 1. The number of aryl methyl sites for hydroxylation is 1. The lowest BCUT2D eigenvalue weighted by Gasteiger charge is -2.14. The summed E-state index contributed by atoms with van der Waals surface area (Å²) < 4.78 is 25.0. The van der Waals surface area contributed by atoms with Crippen LogP contribution in [-0.4, -0.2) is 36.1 Å². The Hall–Kier alpha value is -2.68. The minimum absolute atomic E-state index is 0.0446. The van der Waals surface area contributed by atoms with Crippen LogP contribution in [0.15, 0.2) is 28.0 Å². The summed E-state index contributed by atoms with van der Waals surface area (Å²) in [7, 11) is -2.14. The first-order valence-corrected chi connectivity index (χ1v) is 8.83. The predicted molar refractivity (Wildman–Crippen MR) is 88.1 cm³/mol. The summed E-state index contributed by atoms with van der Waals surface area (Å²) in [5.74, 6) is -1.02. The number of nitrogens with zero attached hydrogens (tertiary/aromatic N) is 1. The number of rotatable bonds is 4. The van der Waals surface area contributed by atoms with Crippen LogP contribution >= 0.6 is 0 Å². The number of sulfone groups is 1. The molecule has 0 unspecified atom stereocenters. The number of nitrogens with one attached hydrogen (secondary N) is 2. The maximum atomic E-state index is 12.6. The van der Waals surface area contributed by atoms with E-state index in [1.807, 2.05) is 0 Å². The summed E-state index contributed by atoms with van der Waals surface area (Å²) in [6, 6.07) is 2.59. The fraction of sp³-hybridized carbons (Fsp3) is 0.267. The van der Waals surface area contributed by atoms with Gasteiger partial charge < -0.3 is 10.4 Å². The molecule has 0 aliphatic rings. The van der Waals surface area contributed by atoms with Gasteiger partial charge in [-0.15, -0.1) is 0 Å². The van der Waals surface area contributed by atoms with Crippen LogP contribution in [0.4, 0.5) is 5.69 Å². The van der Waals surface area contributed by atoms with E-state index in [0.717, 1.165) is 10.9 Å². The molecule has 0 spiro atoms. The van der Waals surface area contributed by atoms with Gasteiger partial charge in [0.05, 0.1) is 10.6 Å². The number of H-pyrrole nitrogens is 1. The van der Waals surface area contributed by atoms with Gasteiger partial charge in [0.15, 0.2) is 9.84 Å². The zero-order chi connectivity index (χ0) is 18.2. The van der Waals surface area contributed by atoms with Crippen molar-refractivity contribution in [3.05, 3.63) is 45.4 Å². The average Bonchev–Trinajstić information content (AvgIpc) is 2.78. The molecule has 2 aromatic rings. The lowest BCUT2D eigenvalue weighted by Crippen LogP contribution is -2.20. The van der Waals surface area contributed by atoms with Gasteiger partial charge in [0, 0.05) is 32.0 Å². The molecule has 0 aliphatic heterocycles. The number of benzene rings is 1. The van der Waals surface area contributed by atoms with Crippen molar-refractivity contribution in [2.45, 2.75) is 18.7 Å². The van der Waals surface area contributed by atoms with Crippen LogP contribution < -0.4 is 10.9 Å². The molecule has 0 fully saturated rings. The Kier molecular flexibility index (Phi) is 4.48. The second kappa shape index (κ2) is 6.08. The number of hydrogen-bond donors (Lipinski definition) is 2. The van der Waals surface area contributed by atoms with E-state index in [0.29, 0.717) is 0 Å². The minimum Gasteiger partial charge on any atom is -0.325 e. The van der Waals surface area contributed by atoms with Crippen molar-refractivity contribution in [1.29, 1.82) is 0 Å². The summed E-state index contributed by atoms with van der Waals surface area (Å²) in [6.07, 6.45) is 2.29. The third-order valence-corrected chi connectivity index (χ3v) is 4.69. The summed E-state index contributed by atoms with van der Waals surface area (Å²) in [4.78, 5) is 35.8. The van der Waals surface area contributed by atoms with Crippen LogP contribution in [0.1, 0.15) is 28.4 Å². The summed E-state index contributed by atoms with van der Waals surface area (Å²) in [6.45, 7) is 2.76. The number of aromatic amines is 1. The summed E-state index contributed by atoms with van der Waals surface area (Å²) in [5, 5.41) is 5.06. The molecule has 9 heteroatoms. The summed E-state index contributed by atoms with van der Waals surface area (Å²) in [5.41, 5.74) is -0.0958. The fourth-order valence-electron chi connectivity index (χ4n) is 2.34. The standard InChI is InChI=1S/C15H17N3O5S/c1-8-10(14(20)11-7-16-18(3)15(11)21)5-6-12(24(4,22)23)13(8)17-9(2)19/h5-7,16H,1-4H3,(H,17,19). The second-order valence-corrected chi connectivity index (χ2v) is 7.43. The highest BCUT2D eigenvalue weighted by Gasteiger charge is 2.23. The van der Waals surface area contributed by atoms with Crippen molar-refractivity contribution in [3.63, 3.8) is 0 Å². The van der Waals surface area contributed by atoms with E-state index < -0.39 is 27.1 Å². The Balaban J connectivity index is 2.69. The van der Waals surface area contributed by atoms with Gasteiger partial charge in [-0.3, -0.25) is 19.1 Å². The van der Waals surface area contributed by atoms with Crippen molar-refractivity contribution < 1.29 is 18.0 Å². The zero-order valence-corrected chi connectivity index (χ0v) is 14.4. The molecule has 24 heavy (non-hydrogen) atoms. The van der Waals surface area contributed by atoms with Crippen LogP contribution in [-0.2, 0) is 21.7 Å². The first-order chi connectivity index (χ1) is 11.0. The zero-order valence-electron chi connectivity index (χ0n) is 13.6. The van der Waals surface area contributed by atoms with Gasteiger partial charge in [0.1, 0.15) is 5.56 Å². The van der Waals surface area contributed by atoms with Crippen LogP contribution in [0, 0.1) is 6.92 Å². The lowest BCUT2D eigenvalue weighted by atomic mass is 9.99. The lowest BCUT2D eigenvalue weighted by molar-refractivity contribution is -0.114. The molecular formula is C15H17N3O5S. The van der Waals surface area contributed by atoms with Crippen LogP contribution in [0.2, 0.25) is 0 Å². The van der Waals surface area contributed by atoms with Crippen molar-refractivity contribution in [3.8, 4) is 0 Å². The van der Waals surface area contributed by atoms with Crippen molar-refractivity contribution >= 4 is 27.2 Å². The highest BCUT2D eigenvalue weighted by atomic mass is 32.2. The highest BCUT2D eigenvalue weighted by Crippen LogP contribution is 2.29. The molecule has 1 amide bonds. The maximum absolute atomic E-state index is 12.6. The first kappa shape index (κ1) is 17.7. The van der Waals surface area contributed by atoms with Gasteiger partial charge in [-0.2, -0.15) is 0 Å². The average molecular weight is 351 g/mol. The molecule has 0 atom stereocenters. The normalized spacial score (nSPS) is 11.3. The monoisotopic (exact) mass is 351 g/mol. The number of carbonyl (C=O) groups excluding carboxylic acids is 2. The van der Waals surface area contributed by atoms with Crippen LogP contribution in [0.3, 0.4) is 0 Å². The fourth-order valence-corrected chi connectivity index (χ4v) is 3.23. The molecule has 2 N–H and O–H groups in total. The van der Waals surface area contributed by atoms with Gasteiger partial charge in [-0.05, 0) is 24.6 Å². The third kappa shape index (κ3) is 3.16. The quantitative estimate of drug-likeness (QED) is 0.783. The molecular weight excluding hydrogens is 334 g/mol. The van der Waals surface area contributed by atoms with Gasteiger partial charge >= 0.3 is 0 Å². The number of ketones is 1. The topological polar surface area (TPSA) is 118 Å². The second-order valence-electron chi connectivity index (χ2n) is 5.45. The molecule has 0 bridgehead atoms. The minimum atomic E-state index is -3.61. The number of carbonyl (C=O) groups is 2. The molecule has 0 radical (unpaired) electrons. The summed E-state index contributed by atoms with van der Waals surface area (Å²) >= 11 is 0. The first-order valence-electron chi connectivity index (χ1n) is 6.94. The number of aromatic nitrogens is 2. The van der Waals surface area contributed by atoms with Crippen LogP contribution in [0.25, 0.3) is 0 Å². The van der Waals surface area contributed by atoms with Crippen LogP contribution in [0.5, 0.6) is 0 Å². The van der Waals surface area contributed by atoms with Gasteiger partial charge in [-0.1, -0.05) is 0 Å². The molecule has 1 aromatic carbocycles. The number of hydrogen-bond acceptors (Lipinski definition) is 5. The van der Waals surface area contributed by atoms with Crippen molar-refractivity contribution in [2.75, 3.05) is 11.6 Å². The van der Waals surface area contributed by atoms with E-state index in [1.54, 1.807) is 0 Å². The molecule has 1 heterocycles. The van der Waals surface area contributed by atoms with Crippen molar-refractivity contribution in [2.24, 2.45) is 7.05 Å². The van der Waals surface area contributed by atoms with Gasteiger partial charge in [0.25, 0.3) is 5.56 Å². The molecule has 0 aliphatic carbocycles. The highest BCUT2D eigenvalue weighted by molar-refractivity contribution is 7.90. The van der Waals surface area contributed by atoms with E-state index in [9.17, 15) is 22.8 Å². The Morgan fingerprint density at radius 1 is 1.21 bits per heavy atom. The van der Waals surface area contributed by atoms with E-state index in [2.05, 4.69) is 10.4 Å². The molecule has 8 nitrogen and oxygen atoms in total. The maximum Gasteiger partial charge on any atom is 0.277 e. The molecule has 0 saturated carbocycles. The van der Waals surface area contributed by atoms with E-state index in [-0.39, 0.29) is 27.3 Å². The van der Waals surface area contributed by atoms with Gasteiger partial charge in [-0.25, -0.2) is 8.42 Å². The SMILES string of the molecule is CC(=O)Nc1c(S(C)(=O)=O)ccc(C(=O)c2c[nH]n(C)c2=O)c1C. The molecule has 128 valence electrons. The van der Waals surface area contributed by atoms with Gasteiger partial charge in [0.2, 0.25) is 11.7 Å². The Bertz CT molecular complexity index is 999. The Morgan fingerprint density at radius 2 is 1.83 bits per heavy atom. The van der Waals surface area contributed by atoms with E-state index in [1.165, 1.54) is 39.2 Å². The predicted octanol–water partition coefficient (Wildman–Crippen LogP) is 0.615. The van der Waals surface area contributed by atoms with E-state index in [4.69, 9.17) is 0 Å². The third-order valence-electron chi connectivity index (χ3n) is 3.55. The Morgan fingerprint density at radius 3 is 2.29 bits per heavy atom. The smallest absolute Gasteiger partial charge is 0.277 e. The van der Waals surface area contributed by atoms with Crippen molar-refractivity contribution in [1.82, 2.24) is 9.78 Å². The van der Waals surface area contributed by atoms with E-state index >= 15 is 0 Å². The molecule has 2 rings (SSSR count).